The zero-order valence-electron chi connectivity index (χ0n) is 10.1. The summed E-state index contributed by atoms with van der Waals surface area (Å²) in [5.41, 5.74) is 0. The number of alkyl halides is 3. The van der Waals surface area contributed by atoms with Crippen LogP contribution in [0.4, 0.5) is 13.2 Å². The van der Waals surface area contributed by atoms with E-state index in [9.17, 15) is 21.6 Å². The summed E-state index contributed by atoms with van der Waals surface area (Å²) < 4.78 is 62.4. The van der Waals surface area contributed by atoms with E-state index in [-0.39, 0.29) is 12.6 Å². The lowest BCUT2D eigenvalue weighted by Crippen LogP contribution is -2.51. The molecular formula is C9H18F3N3O2S. The molecule has 5 nitrogen and oxygen atoms in total. The fourth-order valence-corrected chi connectivity index (χ4v) is 3.43. The van der Waals surface area contributed by atoms with Crippen molar-refractivity contribution in [3.63, 3.8) is 0 Å². The van der Waals surface area contributed by atoms with E-state index in [1.807, 2.05) is 0 Å². The number of nitrogens with one attached hydrogen (secondary N) is 2. The van der Waals surface area contributed by atoms with E-state index in [0.717, 1.165) is 4.31 Å². The van der Waals surface area contributed by atoms with E-state index in [1.54, 1.807) is 11.6 Å². The van der Waals surface area contributed by atoms with Gasteiger partial charge in [-0.1, -0.05) is 6.92 Å². The average molecular weight is 289 g/mol. The highest BCUT2D eigenvalue weighted by atomic mass is 32.2. The number of hydrogen-bond acceptors (Lipinski definition) is 3. The van der Waals surface area contributed by atoms with Crippen LogP contribution in [0.3, 0.4) is 0 Å². The van der Waals surface area contributed by atoms with Crippen molar-refractivity contribution >= 4 is 10.2 Å². The van der Waals surface area contributed by atoms with Gasteiger partial charge in [0.2, 0.25) is 0 Å². The molecule has 0 unspecified atom stereocenters. The zero-order valence-corrected chi connectivity index (χ0v) is 10.9. The van der Waals surface area contributed by atoms with Gasteiger partial charge in [0.25, 0.3) is 10.2 Å². The van der Waals surface area contributed by atoms with Gasteiger partial charge in [0, 0.05) is 12.6 Å². The molecule has 0 radical (unpaired) electrons. The molecule has 0 aromatic heterocycles. The van der Waals surface area contributed by atoms with Gasteiger partial charge >= 0.3 is 6.18 Å². The predicted molar refractivity (Wildman–Crippen MR) is 61.2 cm³/mol. The Kier molecular flexibility index (Phi) is 5.38. The van der Waals surface area contributed by atoms with Gasteiger partial charge in [-0.15, -0.1) is 0 Å². The molecule has 0 bridgehead atoms. The molecule has 1 heterocycles. The van der Waals surface area contributed by atoms with Crippen molar-refractivity contribution in [2.45, 2.75) is 32.0 Å². The second kappa shape index (κ2) is 6.18. The van der Waals surface area contributed by atoms with Gasteiger partial charge in [-0.05, 0) is 25.9 Å². The normalized spacial score (nSPS) is 19.4. The van der Waals surface area contributed by atoms with Crippen LogP contribution in [-0.2, 0) is 10.2 Å². The molecule has 108 valence electrons. The summed E-state index contributed by atoms with van der Waals surface area (Å²) in [5.74, 6) is 0. The summed E-state index contributed by atoms with van der Waals surface area (Å²) in [5, 5.41) is 3.08. The van der Waals surface area contributed by atoms with E-state index >= 15 is 0 Å². The first-order valence-corrected chi connectivity index (χ1v) is 7.24. The minimum atomic E-state index is -4.54. The van der Waals surface area contributed by atoms with Crippen LogP contribution in [0.2, 0.25) is 0 Å². The van der Waals surface area contributed by atoms with Crippen molar-refractivity contribution in [2.24, 2.45) is 0 Å². The SMILES string of the molecule is CCN(C1CCNCC1)S(=O)(=O)NCC(F)(F)F. The van der Waals surface area contributed by atoms with Gasteiger partial charge in [-0.3, -0.25) is 0 Å². The monoisotopic (exact) mass is 289 g/mol. The highest BCUT2D eigenvalue weighted by Crippen LogP contribution is 2.17. The third-order valence-corrected chi connectivity index (χ3v) is 4.47. The zero-order chi connectivity index (χ0) is 13.8. The number of halogens is 3. The van der Waals surface area contributed by atoms with E-state index in [0.29, 0.717) is 25.9 Å². The Balaban J connectivity index is 2.67. The molecular weight excluding hydrogens is 271 g/mol. The molecule has 0 spiro atoms. The minimum Gasteiger partial charge on any atom is -0.317 e. The van der Waals surface area contributed by atoms with Crippen molar-refractivity contribution in [3.8, 4) is 0 Å². The first-order valence-electron chi connectivity index (χ1n) is 5.80. The topological polar surface area (TPSA) is 61.4 Å². The summed E-state index contributed by atoms with van der Waals surface area (Å²) in [6.45, 7) is 1.61. The molecule has 1 rings (SSSR count). The van der Waals surface area contributed by atoms with Crippen LogP contribution in [0.1, 0.15) is 19.8 Å². The van der Waals surface area contributed by atoms with Crippen LogP contribution < -0.4 is 10.0 Å². The molecule has 1 fully saturated rings. The molecule has 1 saturated heterocycles. The Hall–Kier alpha value is -0.380. The van der Waals surface area contributed by atoms with Crippen LogP contribution in [-0.4, -0.2) is 51.1 Å². The first kappa shape index (κ1) is 15.7. The third kappa shape index (κ3) is 4.71. The van der Waals surface area contributed by atoms with Crippen LogP contribution in [0.25, 0.3) is 0 Å². The van der Waals surface area contributed by atoms with Crippen LogP contribution in [0.5, 0.6) is 0 Å². The third-order valence-electron chi connectivity index (χ3n) is 2.79. The molecule has 0 saturated carbocycles. The van der Waals surface area contributed by atoms with E-state index in [2.05, 4.69) is 5.32 Å². The lowest BCUT2D eigenvalue weighted by atomic mass is 10.1. The molecule has 0 aromatic carbocycles. The Morgan fingerprint density at radius 3 is 2.33 bits per heavy atom. The smallest absolute Gasteiger partial charge is 0.317 e. The van der Waals surface area contributed by atoms with Crippen molar-refractivity contribution in [2.75, 3.05) is 26.2 Å². The molecule has 0 amide bonds. The second-order valence-corrected chi connectivity index (χ2v) is 5.83. The molecule has 1 aliphatic rings. The second-order valence-electron chi connectivity index (χ2n) is 4.13. The maximum Gasteiger partial charge on any atom is 0.402 e. The number of rotatable bonds is 5. The first-order chi connectivity index (χ1) is 8.26. The Morgan fingerprint density at radius 1 is 1.33 bits per heavy atom. The van der Waals surface area contributed by atoms with E-state index in [1.165, 1.54) is 0 Å². The van der Waals surface area contributed by atoms with Gasteiger partial charge in [0.1, 0.15) is 6.54 Å². The highest BCUT2D eigenvalue weighted by Gasteiger charge is 2.34. The number of nitrogens with zero attached hydrogens (tertiary/aromatic N) is 1. The van der Waals surface area contributed by atoms with Crippen LogP contribution in [0, 0.1) is 0 Å². The molecule has 0 aliphatic carbocycles. The number of hydrogen-bond donors (Lipinski definition) is 2. The minimum absolute atomic E-state index is 0.165. The maximum atomic E-state index is 12.0. The Morgan fingerprint density at radius 2 is 1.89 bits per heavy atom. The van der Waals surface area contributed by atoms with Crippen LogP contribution in [0.15, 0.2) is 0 Å². The van der Waals surface area contributed by atoms with Crippen molar-refractivity contribution in [3.05, 3.63) is 0 Å². The predicted octanol–water partition coefficient (Wildman–Crippen LogP) is 0.457. The van der Waals surface area contributed by atoms with Gasteiger partial charge < -0.3 is 5.32 Å². The molecule has 0 atom stereocenters. The van der Waals surface area contributed by atoms with Gasteiger partial charge in [-0.25, -0.2) is 0 Å². The molecule has 9 heteroatoms. The van der Waals surface area contributed by atoms with Crippen molar-refractivity contribution in [1.82, 2.24) is 14.3 Å². The largest absolute Gasteiger partial charge is 0.402 e. The van der Waals surface area contributed by atoms with Gasteiger partial charge in [-0.2, -0.15) is 30.6 Å². The quantitative estimate of drug-likeness (QED) is 0.773. The van der Waals surface area contributed by atoms with E-state index in [4.69, 9.17) is 0 Å². The van der Waals surface area contributed by atoms with Gasteiger partial charge in [0.05, 0.1) is 0 Å². The van der Waals surface area contributed by atoms with Gasteiger partial charge in [0.15, 0.2) is 0 Å². The maximum absolute atomic E-state index is 12.0. The van der Waals surface area contributed by atoms with Crippen LogP contribution >= 0.6 is 0 Å². The van der Waals surface area contributed by atoms with E-state index < -0.39 is 22.9 Å². The fourth-order valence-electron chi connectivity index (χ4n) is 1.98. The molecule has 1 aliphatic heterocycles. The lowest BCUT2D eigenvalue weighted by molar-refractivity contribution is -0.121. The number of piperidine rings is 1. The van der Waals surface area contributed by atoms with Crippen molar-refractivity contribution in [1.29, 1.82) is 0 Å². The molecule has 2 N–H and O–H groups in total. The summed E-state index contributed by atoms with van der Waals surface area (Å²) in [7, 11) is -4.07. The summed E-state index contributed by atoms with van der Waals surface area (Å²) >= 11 is 0. The lowest BCUT2D eigenvalue weighted by Gasteiger charge is -2.32. The standard InChI is InChI=1S/C9H18F3N3O2S/c1-2-15(8-3-5-13-6-4-8)18(16,17)14-7-9(10,11)12/h8,13-14H,2-7H2,1H3. The molecule has 0 aromatic rings. The average Bonchev–Trinajstić information content (AvgIpc) is 2.28. The van der Waals surface area contributed by atoms with Crippen molar-refractivity contribution < 1.29 is 21.6 Å². The molecule has 18 heavy (non-hydrogen) atoms. The summed E-state index contributed by atoms with van der Waals surface area (Å²) in [6.07, 6.45) is -3.32. The summed E-state index contributed by atoms with van der Waals surface area (Å²) in [4.78, 5) is 0. The Labute approximate surface area is 105 Å². The Bertz CT molecular complexity index is 353. The highest BCUT2D eigenvalue weighted by molar-refractivity contribution is 7.87. The summed E-state index contributed by atoms with van der Waals surface area (Å²) in [6, 6.07) is -0.234. The fraction of sp³-hybridized carbons (Fsp3) is 1.00.